The van der Waals surface area contributed by atoms with Crippen molar-refractivity contribution in [3.8, 4) is 33.4 Å². The highest BCUT2D eigenvalue weighted by Gasteiger charge is 2.46. The Morgan fingerprint density at radius 1 is 0.328 bits per heavy atom. The van der Waals surface area contributed by atoms with Crippen molar-refractivity contribution in [1.29, 1.82) is 0 Å². The molecule has 11 aromatic rings. The van der Waals surface area contributed by atoms with E-state index in [1.165, 1.54) is 55.3 Å². The summed E-state index contributed by atoms with van der Waals surface area (Å²) in [6, 6.07) is 86.0. The summed E-state index contributed by atoms with van der Waals surface area (Å²) in [5.41, 5.74) is 16.7. The zero-order valence-corrected chi connectivity index (χ0v) is 33.4. The zero-order valence-electron chi connectivity index (χ0n) is 33.4. The van der Waals surface area contributed by atoms with Gasteiger partial charge in [-0.15, -0.1) is 0 Å². The highest BCUT2D eigenvalue weighted by Crippen LogP contribution is 2.57. The van der Waals surface area contributed by atoms with Crippen LogP contribution in [0.15, 0.2) is 241 Å². The minimum atomic E-state index is -0.510. The molecule has 1 aliphatic rings. The molecule has 12 rings (SSSR count). The summed E-state index contributed by atoms with van der Waals surface area (Å²) in [6.07, 6.45) is 0. The number of hydrogen-bond donors (Lipinski definition) is 0. The van der Waals surface area contributed by atoms with Crippen molar-refractivity contribution in [3.63, 3.8) is 0 Å². The molecule has 0 saturated heterocycles. The van der Waals surface area contributed by atoms with Gasteiger partial charge < -0.3 is 9.32 Å². The van der Waals surface area contributed by atoms with E-state index in [4.69, 9.17) is 4.42 Å². The molecular weight excluding hydrogens is 739 g/mol. The Balaban J connectivity index is 1.05. The average Bonchev–Trinajstić information content (AvgIpc) is 3.86. The van der Waals surface area contributed by atoms with Crippen molar-refractivity contribution in [2.75, 3.05) is 4.90 Å². The van der Waals surface area contributed by atoms with Gasteiger partial charge in [-0.3, -0.25) is 0 Å². The van der Waals surface area contributed by atoms with Gasteiger partial charge in [0, 0.05) is 33.4 Å². The fourth-order valence-corrected chi connectivity index (χ4v) is 10.1. The van der Waals surface area contributed by atoms with Crippen LogP contribution in [-0.4, -0.2) is 0 Å². The minimum Gasteiger partial charge on any atom is -0.455 e. The molecule has 0 spiro atoms. The number of furan rings is 1. The minimum absolute atomic E-state index is 0.510. The lowest BCUT2D eigenvalue weighted by atomic mass is 9.67. The molecule has 0 aliphatic heterocycles. The van der Waals surface area contributed by atoms with E-state index in [0.717, 1.165) is 50.1 Å². The average molecular weight is 778 g/mol. The van der Waals surface area contributed by atoms with E-state index in [1.54, 1.807) is 0 Å². The second kappa shape index (κ2) is 14.1. The van der Waals surface area contributed by atoms with Crippen LogP contribution in [0.1, 0.15) is 22.3 Å². The van der Waals surface area contributed by atoms with E-state index in [1.807, 2.05) is 12.1 Å². The second-order valence-electron chi connectivity index (χ2n) is 16.0. The van der Waals surface area contributed by atoms with Gasteiger partial charge in [0.15, 0.2) is 0 Å². The summed E-state index contributed by atoms with van der Waals surface area (Å²) in [6.45, 7) is 0. The number of anilines is 3. The van der Waals surface area contributed by atoms with Crippen LogP contribution >= 0.6 is 0 Å². The van der Waals surface area contributed by atoms with Gasteiger partial charge in [0.1, 0.15) is 11.2 Å². The number of para-hydroxylation sites is 2. The Morgan fingerprint density at radius 3 is 1.57 bits per heavy atom. The summed E-state index contributed by atoms with van der Waals surface area (Å²) in [5, 5.41) is 4.75. The molecule has 0 atom stereocenters. The molecule has 0 unspecified atom stereocenters. The van der Waals surface area contributed by atoms with Gasteiger partial charge in [-0.2, -0.15) is 0 Å². The van der Waals surface area contributed by atoms with Gasteiger partial charge in [0.2, 0.25) is 0 Å². The third kappa shape index (κ3) is 5.50. The second-order valence-corrected chi connectivity index (χ2v) is 16.0. The number of benzene rings is 10. The molecule has 2 heteroatoms. The van der Waals surface area contributed by atoms with Gasteiger partial charge in [-0.25, -0.2) is 0 Å². The van der Waals surface area contributed by atoms with Crippen LogP contribution < -0.4 is 4.90 Å². The standard InChI is InChI=1S/C59H39NO/c1-3-17-43(18-4-1)59(44-19-5-2-6-20-44)55-27-11-9-22-51(55)52-38-37-47(39-56(52)59)60(45-33-29-41(30-34-45)49-24-13-16-40-15-7-8-21-48(40)49)46-35-31-42(32-36-46)50-25-14-26-54-53-23-10-12-28-57(53)61-58(50)54/h1-39H. The van der Waals surface area contributed by atoms with Crippen LogP contribution in [0.2, 0.25) is 0 Å². The van der Waals surface area contributed by atoms with Crippen LogP contribution in [-0.2, 0) is 5.41 Å². The summed E-state index contributed by atoms with van der Waals surface area (Å²) in [4.78, 5) is 2.41. The van der Waals surface area contributed by atoms with Crippen molar-refractivity contribution in [3.05, 3.63) is 259 Å². The lowest BCUT2D eigenvalue weighted by Gasteiger charge is -2.35. The Labute approximate surface area is 355 Å². The van der Waals surface area contributed by atoms with Gasteiger partial charge in [0.25, 0.3) is 0 Å². The molecule has 0 radical (unpaired) electrons. The number of fused-ring (bicyclic) bond motifs is 7. The lowest BCUT2D eigenvalue weighted by molar-refractivity contribution is 0.670. The first-order valence-corrected chi connectivity index (χ1v) is 21.0. The zero-order chi connectivity index (χ0) is 40.3. The Hall–Kier alpha value is -7.94. The summed E-state index contributed by atoms with van der Waals surface area (Å²) in [7, 11) is 0. The van der Waals surface area contributed by atoms with Gasteiger partial charge in [-0.05, 0) is 103 Å². The van der Waals surface area contributed by atoms with Crippen molar-refractivity contribution in [2.24, 2.45) is 0 Å². The molecule has 2 nitrogen and oxygen atoms in total. The molecule has 61 heavy (non-hydrogen) atoms. The fourth-order valence-electron chi connectivity index (χ4n) is 10.1. The largest absolute Gasteiger partial charge is 0.455 e. The molecule has 0 saturated carbocycles. The van der Waals surface area contributed by atoms with Gasteiger partial charge >= 0.3 is 0 Å². The molecule has 0 fully saturated rings. The van der Waals surface area contributed by atoms with Crippen LogP contribution in [0.25, 0.3) is 66.1 Å². The monoisotopic (exact) mass is 777 g/mol. The number of rotatable bonds is 7. The maximum atomic E-state index is 6.48. The van der Waals surface area contributed by atoms with Crippen molar-refractivity contribution < 1.29 is 4.42 Å². The van der Waals surface area contributed by atoms with Gasteiger partial charge in [0.05, 0.1) is 5.41 Å². The van der Waals surface area contributed by atoms with E-state index in [-0.39, 0.29) is 0 Å². The van der Waals surface area contributed by atoms with E-state index >= 15 is 0 Å². The maximum Gasteiger partial charge on any atom is 0.143 e. The first-order valence-electron chi connectivity index (χ1n) is 21.0. The van der Waals surface area contributed by atoms with Crippen LogP contribution in [0, 0.1) is 0 Å². The molecule has 0 amide bonds. The first-order chi connectivity index (χ1) is 30.3. The highest BCUT2D eigenvalue weighted by molar-refractivity contribution is 6.09. The molecule has 1 heterocycles. The quantitative estimate of drug-likeness (QED) is 0.160. The van der Waals surface area contributed by atoms with E-state index in [2.05, 4.69) is 229 Å². The van der Waals surface area contributed by atoms with Crippen molar-refractivity contribution >= 4 is 49.8 Å². The molecule has 1 aliphatic carbocycles. The third-order valence-electron chi connectivity index (χ3n) is 12.8. The molecule has 0 N–H and O–H groups in total. The molecular formula is C59H39NO. The Bertz CT molecular complexity index is 3360. The van der Waals surface area contributed by atoms with E-state index < -0.39 is 5.41 Å². The van der Waals surface area contributed by atoms with Crippen molar-refractivity contribution in [2.45, 2.75) is 5.41 Å². The van der Waals surface area contributed by atoms with Crippen LogP contribution in [0.5, 0.6) is 0 Å². The predicted molar refractivity (Wildman–Crippen MR) is 254 cm³/mol. The lowest BCUT2D eigenvalue weighted by Crippen LogP contribution is -2.28. The topological polar surface area (TPSA) is 16.4 Å². The molecule has 286 valence electrons. The maximum absolute atomic E-state index is 6.48. The highest BCUT2D eigenvalue weighted by atomic mass is 16.3. The molecule has 0 bridgehead atoms. The fraction of sp³-hybridized carbons (Fsp3) is 0.0169. The smallest absolute Gasteiger partial charge is 0.143 e. The first kappa shape index (κ1) is 35.0. The van der Waals surface area contributed by atoms with E-state index in [0.29, 0.717) is 0 Å². The predicted octanol–water partition coefficient (Wildman–Crippen LogP) is 15.9. The summed E-state index contributed by atoms with van der Waals surface area (Å²) >= 11 is 0. The van der Waals surface area contributed by atoms with Crippen LogP contribution in [0.4, 0.5) is 17.1 Å². The SMILES string of the molecule is c1ccc(C2(c3ccccc3)c3ccccc3-c3ccc(N(c4ccc(-c5cccc6ccccc56)cc4)c4ccc(-c5cccc6c5oc5ccccc56)cc4)cc32)cc1. The Kier molecular flexibility index (Phi) is 8.11. The molecule has 10 aromatic carbocycles. The summed E-state index contributed by atoms with van der Waals surface area (Å²) in [5.74, 6) is 0. The summed E-state index contributed by atoms with van der Waals surface area (Å²) < 4.78 is 6.48. The number of nitrogens with zero attached hydrogens (tertiary/aromatic N) is 1. The van der Waals surface area contributed by atoms with E-state index in [9.17, 15) is 0 Å². The Morgan fingerprint density at radius 2 is 0.836 bits per heavy atom. The van der Waals surface area contributed by atoms with Crippen LogP contribution in [0.3, 0.4) is 0 Å². The molecule has 1 aromatic heterocycles. The third-order valence-corrected chi connectivity index (χ3v) is 12.8. The van der Waals surface area contributed by atoms with Crippen molar-refractivity contribution in [1.82, 2.24) is 0 Å². The van der Waals surface area contributed by atoms with Gasteiger partial charge in [-0.1, -0.05) is 194 Å². The normalized spacial score (nSPS) is 12.7. The number of hydrogen-bond acceptors (Lipinski definition) is 2.